The van der Waals surface area contributed by atoms with Crippen molar-refractivity contribution < 1.29 is 4.79 Å². The van der Waals surface area contributed by atoms with Gasteiger partial charge in [-0.15, -0.1) is 0 Å². The largest absolute Gasteiger partial charge is 0.314 e. The molecule has 6 nitrogen and oxygen atoms in total. The second-order valence-electron chi connectivity index (χ2n) is 7.37. The molecule has 0 unspecified atom stereocenters. The SMILES string of the molecule is CC(=NNC(=O)Cn1c2ccc(Cl)cc2c2nc3ccccc3nc21)c1ccc(Cl)cc1. The van der Waals surface area contributed by atoms with Gasteiger partial charge >= 0.3 is 0 Å². The number of hydrogen-bond donors (Lipinski definition) is 1. The van der Waals surface area contributed by atoms with E-state index in [4.69, 9.17) is 33.2 Å². The smallest absolute Gasteiger partial charge is 0.260 e. The molecule has 0 radical (unpaired) electrons. The van der Waals surface area contributed by atoms with Gasteiger partial charge < -0.3 is 4.57 Å². The van der Waals surface area contributed by atoms with Crippen LogP contribution in [0.25, 0.3) is 33.1 Å². The van der Waals surface area contributed by atoms with E-state index in [-0.39, 0.29) is 12.5 Å². The van der Waals surface area contributed by atoms with E-state index in [0.29, 0.717) is 26.9 Å². The molecule has 8 heteroatoms. The molecule has 0 saturated heterocycles. The minimum Gasteiger partial charge on any atom is -0.314 e. The Balaban J connectivity index is 1.52. The summed E-state index contributed by atoms with van der Waals surface area (Å²) < 4.78 is 1.84. The Morgan fingerprint density at radius 2 is 1.66 bits per heavy atom. The highest BCUT2D eigenvalue weighted by Gasteiger charge is 2.17. The van der Waals surface area contributed by atoms with Crippen LogP contribution in [0.15, 0.2) is 71.8 Å². The number of carbonyl (C=O) groups is 1. The molecule has 0 spiro atoms. The third-order valence-corrected chi connectivity index (χ3v) is 5.71. The van der Waals surface area contributed by atoms with Gasteiger partial charge in [0.05, 0.1) is 22.3 Å². The van der Waals surface area contributed by atoms with Crippen LogP contribution in [0, 0.1) is 0 Å². The van der Waals surface area contributed by atoms with E-state index in [1.807, 2.05) is 60.0 Å². The molecule has 0 aliphatic carbocycles. The molecule has 1 N–H and O–H groups in total. The van der Waals surface area contributed by atoms with Crippen LogP contribution in [0.3, 0.4) is 0 Å². The maximum absolute atomic E-state index is 12.8. The van der Waals surface area contributed by atoms with Crippen LogP contribution >= 0.6 is 23.2 Å². The van der Waals surface area contributed by atoms with Crippen molar-refractivity contribution in [1.82, 2.24) is 20.0 Å². The van der Waals surface area contributed by atoms with Gasteiger partial charge in [0.2, 0.25) is 0 Å². The maximum Gasteiger partial charge on any atom is 0.260 e. The standard InChI is InChI=1S/C24H17Cl2N5O/c1-14(15-6-8-16(25)9-7-15)29-30-22(32)13-31-21-11-10-17(26)12-18(21)23-24(31)28-20-5-3-2-4-19(20)27-23/h2-12H,13H2,1H3,(H,30,32). The van der Waals surface area contributed by atoms with Gasteiger partial charge in [0, 0.05) is 15.4 Å². The summed E-state index contributed by atoms with van der Waals surface area (Å²) in [4.78, 5) is 22.3. The van der Waals surface area contributed by atoms with Crippen LogP contribution < -0.4 is 5.43 Å². The Labute approximate surface area is 193 Å². The average molecular weight is 462 g/mol. The Kier molecular flexibility index (Phi) is 5.25. The number of hydrogen-bond acceptors (Lipinski definition) is 4. The van der Waals surface area contributed by atoms with Crippen molar-refractivity contribution >= 4 is 67.9 Å². The van der Waals surface area contributed by atoms with Crippen LogP contribution in [-0.4, -0.2) is 26.2 Å². The molecule has 5 aromatic rings. The molecule has 32 heavy (non-hydrogen) atoms. The second-order valence-corrected chi connectivity index (χ2v) is 8.24. The van der Waals surface area contributed by atoms with E-state index >= 15 is 0 Å². The van der Waals surface area contributed by atoms with E-state index < -0.39 is 0 Å². The summed E-state index contributed by atoms with van der Waals surface area (Å²) in [6.45, 7) is 1.86. The Morgan fingerprint density at radius 1 is 0.969 bits per heavy atom. The van der Waals surface area contributed by atoms with Crippen molar-refractivity contribution in [2.24, 2.45) is 5.10 Å². The number of rotatable bonds is 4. The van der Waals surface area contributed by atoms with Crippen molar-refractivity contribution in [3.63, 3.8) is 0 Å². The summed E-state index contributed by atoms with van der Waals surface area (Å²) in [6.07, 6.45) is 0. The van der Waals surface area contributed by atoms with Crippen molar-refractivity contribution in [3.8, 4) is 0 Å². The lowest BCUT2D eigenvalue weighted by Crippen LogP contribution is -2.24. The zero-order valence-corrected chi connectivity index (χ0v) is 18.5. The number of aromatic nitrogens is 3. The number of halogens is 2. The van der Waals surface area contributed by atoms with Crippen LogP contribution in [0.2, 0.25) is 10.0 Å². The predicted octanol–water partition coefficient (Wildman–Crippen LogP) is 5.58. The molecule has 0 aliphatic heterocycles. The van der Waals surface area contributed by atoms with Gasteiger partial charge in [0.15, 0.2) is 5.65 Å². The number of amides is 1. The van der Waals surface area contributed by atoms with Gasteiger partial charge in [-0.3, -0.25) is 4.79 Å². The summed E-state index contributed by atoms with van der Waals surface area (Å²) in [6, 6.07) is 20.4. The molecule has 2 heterocycles. The zero-order valence-electron chi connectivity index (χ0n) is 17.0. The lowest BCUT2D eigenvalue weighted by molar-refractivity contribution is -0.121. The predicted molar refractivity (Wildman–Crippen MR) is 129 cm³/mol. The van der Waals surface area contributed by atoms with Gasteiger partial charge in [0.25, 0.3) is 5.91 Å². The highest BCUT2D eigenvalue weighted by molar-refractivity contribution is 6.32. The summed E-state index contributed by atoms with van der Waals surface area (Å²) in [5.74, 6) is -0.276. The Hall–Kier alpha value is -3.48. The maximum atomic E-state index is 12.8. The molecule has 5 rings (SSSR count). The Morgan fingerprint density at radius 3 is 2.41 bits per heavy atom. The lowest BCUT2D eigenvalue weighted by atomic mass is 10.1. The van der Waals surface area contributed by atoms with Crippen molar-refractivity contribution in [1.29, 1.82) is 0 Å². The number of carbonyl (C=O) groups excluding carboxylic acids is 1. The fourth-order valence-corrected chi connectivity index (χ4v) is 3.95. The number of para-hydroxylation sites is 2. The molecule has 0 saturated carbocycles. The van der Waals surface area contributed by atoms with Crippen LogP contribution in [0.5, 0.6) is 0 Å². The van der Waals surface area contributed by atoms with E-state index in [1.165, 1.54) is 0 Å². The Bertz CT molecular complexity index is 1520. The first-order chi connectivity index (χ1) is 15.5. The van der Waals surface area contributed by atoms with Crippen LogP contribution in [0.1, 0.15) is 12.5 Å². The normalized spacial score (nSPS) is 12.0. The highest BCUT2D eigenvalue weighted by atomic mass is 35.5. The van der Waals surface area contributed by atoms with E-state index in [9.17, 15) is 4.79 Å². The van der Waals surface area contributed by atoms with Gasteiger partial charge in [-0.2, -0.15) is 5.10 Å². The van der Waals surface area contributed by atoms with Gasteiger partial charge in [-0.25, -0.2) is 15.4 Å². The van der Waals surface area contributed by atoms with Crippen molar-refractivity contribution in [2.75, 3.05) is 0 Å². The fraction of sp³-hybridized carbons (Fsp3) is 0.0833. The molecule has 158 valence electrons. The molecule has 0 atom stereocenters. The first-order valence-corrected chi connectivity index (χ1v) is 10.7. The fourth-order valence-electron chi connectivity index (χ4n) is 3.65. The first-order valence-electron chi connectivity index (χ1n) is 9.93. The zero-order chi connectivity index (χ0) is 22.2. The summed E-state index contributed by atoms with van der Waals surface area (Å²) in [5.41, 5.74) is 7.87. The quantitative estimate of drug-likeness (QED) is 0.280. The first kappa shape index (κ1) is 20.4. The van der Waals surface area contributed by atoms with E-state index in [1.54, 1.807) is 18.2 Å². The molecule has 0 fully saturated rings. The number of benzene rings is 3. The van der Waals surface area contributed by atoms with E-state index in [2.05, 4.69) is 10.5 Å². The second kappa shape index (κ2) is 8.22. The molecule has 2 aromatic heterocycles. The summed E-state index contributed by atoms with van der Waals surface area (Å²) >= 11 is 12.2. The molecular weight excluding hydrogens is 445 g/mol. The molecule has 0 aliphatic rings. The number of nitrogens with zero attached hydrogens (tertiary/aromatic N) is 4. The molecule has 0 bridgehead atoms. The summed E-state index contributed by atoms with van der Waals surface area (Å²) in [7, 11) is 0. The lowest BCUT2D eigenvalue weighted by Gasteiger charge is -2.07. The van der Waals surface area contributed by atoms with Crippen molar-refractivity contribution in [3.05, 3.63) is 82.3 Å². The van der Waals surface area contributed by atoms with E-state index in [0.717, 1.165) is 27.5 Å². The molecular formula is C24H17Cl2N5O. The van der Waals surface area contributed by atoms with Gasteiger partial charge in [-0.05, 0) is 55.0 Å². The summed E-state index contributed by atoms with van der Waals surface area (Å²) in [5, 5.41) is 6.32. The monoisotopic (exact) mass is 461 g/mol. The van der Waals surface area contributed by atoms with Crippen LogP contribution in [-0.2, 0) is 11.3 Å². The molecule has 1 amide bonds. The minimum atomic E-state index is -0.276. The average Bonchev–Trinajstić information content (AvgIpc) is 3.08. The highest BCUT2D eigenvalue weighted by Crippen LogP contribution is 2.30. The van der Waals surface area contributed by atoms with Gasteiger partial charge in [-0.1, -0.05) is 47.5 Å². The number of nitrogens with one attached hydrogen (secondary N) is 1. The third-order valence-electron chi connectivity index (χ3n) is 5.22. The minimum absolute atomic E-state index is 0.0338. The number of hydrazone groups is 1. The van der Waals surface area contributed by atoms with Crippen LogP contribution in [0.4, 0.5) is 0 Å². The van der Waals surface area contributed by atoms with Crippen molar-refractivity contribution in [2.45, 2.75) is 13.5 Å². The third kappa shape index (κ3) is 3.79. The van der Waals surface area contributed by atoms with Gasteiger partial charge in [0.1, 0.15) is 12.1 Å². The molecule has 3 aromatic carbocycles. The number of fused-ring (bicyclic) bond motifs is 4. The topological polar surface area (TPSA) is 72.2 Å².